The molecule has 4 aliphatic heterocycles. The van der Waals surface area contributed by atoms with Gasteiger partial charge >= 0.3 is 18.0 Å². The lowest BCUT2D eigenvalue weighted by atomic mass is 9.85. The zero-order valence-corrected chi connectivity index (χ0v) is 28.4. The van der Waals surface area contributed by atoms with Crippen LogP contribution >= 0.6 is 11.8 Å². The normalized spacial score (nSPS) is 23.0. The van der Waals surface area contributed by atoms with E-state index in [2.05, 4.69) is 22.0 Å². The van der Waals surface area contributed by atoms with Crippen molar-refractivity contribution in [3.05, 3.63) is 59.7 Å². The summed E-state index contributed by atoms with van der Waals surface area (Å²) in [7, 11) is 1.66. The van der Waals surface area contributed by atoms with Gasteiger partial charge in [-0.1, -0.05) is 37.1 Å². The number of nitrogens with zero attached hydrogens (tertiary/aromatic N) is 1. The first-order valence-electron chi connectivity index (χ1n) is 17.3. The Balaban J connectivity index is 0.915. The molecular weight excluding hydrogens is 628 g/mol. The summed E-state index contributed by atoms with van der Waals surface area (Å²) >= 11 is 1.86. The lowest BCUT2D eigenvalue weighted by molar-refractivity contribution is -0.159. The number of carbonyl (C=O) groups is 4. The van der Waals surface area contributed by atoms with Crippen molar-refractivity contribution in [2.24, 2.45) is 0 Å². The predicted molar refractivity (Wildman–Crippen MR) is 188 cm³/mol. The van der Waals surface area contributed by atoms with Crippen LogP contribution in [0.2, 0.25) is 0 Å². The van der Waals surface area contributed by atoms with Crippen molar-refractivity contribution < 1.29 is 28.7 Å². The highest BCUT2D eigenvalue weighted by molar-refractivity contribution is 8.00. The molecule has 0 bridgehead atoms. The van der Waals surface area contributed by atoms with Crippen molar-refractivity contribution in [1.82, 2.24) is 15.5 Å². The van der Waals surface area contributed by atoms with Gasteiger partial charge in [0.1, 0.15) is 5.75 Å². The molecule has 0 aromatic heterocycles. The van der Waals surface area contributed by atoms with E-state index < -0.39 is 11.9 Å². The molecular formula is C37H46N4O6S. The standard InChI is InChI=1S/C37H46N4O6S/c1-46-28-17-15-24(16-18-28)29-22-27-11-8-20-41(27)36(44)34(29)25-9-7-10-26(21-25)38-19-6-2-3-13-32(42)47-33(43)14-5-4-12-31-35-30(23-48-31)39-37(45)40-35/h7,9-10,15-18,21,27,30-31,35,38H,2-6,8,11-14,19-20,22-23H2,1H3,(H2,39,40,45)/t27?,30-,31-,35-/m0/s1. The highest BCUT2D eigenvalue weighted by Crippen LogP contribution is 2.41. The van der Waals surface area contributed by atoms with Gasteiger partial charge in [-0.15, -0.1) is 0 Å². The van der Waals surface area contributed by atoms with Crippen molar-refractivity contribution >= 4 is 52.5 Å². The van der Waals surface area contributed by atoms with Crippen LogP contribution in [-0.4, -0.2) is 78.1 Å². The number of esters is 2. The summed E-state index contributed by atoms with van der Waals surface area (Å²) < 4.78 is 10.4. The van der Waals surface area contributed by atoms with Gasteiger partial charge in [-0.25, -0.2) is 4.79 Å². The highest BCUT2D eigenvalue weighted by Gasteiger charge is 2.42. The van der Waals surface area contributed by atoms with Gasteiger partial charge in [-0.05, 0) is 85.9 Å². The molecule has 3 amide bonds. The third-order valence-electron chi connectivity index (χ3n) is 9.86. The molecule has 0 aliphatic carbocycles. The topological polar surface area (TPSA) is 126 Å². The van der Waals surface area contributed by atoms with Crippen LogP contribution in [0.15, 0.2) is 48.5 Å². The number of nitrogens with one attached hydrogen (secondary N) is 3. The molecule has 2 aromatic rings. The first-order valence-corrected chi connectivity index (χ1v) is 18.4. The Kier molecular flexibility index (Phi) is 11.3. The number of fused-ring (bicyclic) bond motifs is 2. The molecule has 0 spiro atoms. The number of benzene rings is 2. The zero-order valence-electron chi connectivity index (χ0n) is 27.6. The summed E-state index contributed by atoms with van der Waals surface area (Å²) in [6, 6.07) is 16.6. The van der Waals surface area contributed by atoms with E-state index in [1.807, 2.05) is 59.1 Å². The van der Waals surface area contributed by atoms with Crippen LogP contribution in [0.5, 0.6) is 5.75 Å². The van der Waals surface area contributed by atoms with E-state index in [1.165, 1.54) is 0 Å². The van der Waals surface area contributed by atoms with Crippen molar-refractivity contribution in [3.63, 3.8) is 0 Å². The van der Waals surface area contributed by atoms with Crippen LogP contribution in [0.4, 0.5) is 10.5 Å². The number of ether oxygens (including phenoxy) is 2. The predicted octanol–water partition coefficient (Wildman–Crippen LogP) is 5.77. The monoisotopic (exact) mass is 674 g/mol. The van der Waals surface area contributed by atoms with Crippen LogP contribution in [-0.2, 0) is 19.1 Å². The van der Waals surface area contributed by atoms with E-state index in [9.17, 15) is 19.2 Å². The number of hydrogen-bond acceptors (Lipinski definition) is 8. The number of urea groups is 1. The van der Waals surface area contributed by atoms with Gasteiger partial charge in [0, 0.05) is 48.7 Å². The van der Waals surface area contributed by atoms with Crippen molar-refractivity contribution in [2.45, 2.75) is 94.0 Å². The molecule has 0 saturated carbocycles. The number of anilines is 1. The quantitative estimate of drug-likeness (QED) is 0.0942. The Hall–Kier alpha value is -3.99. The van der Waals surface area contributed by atoms with Crippen LogP contribution in [0.3, 0.4) is 0 Å². The molecule has 0 radical (unpaired) electrons. The largest absolute Gasteiger partial charge is 0.497 e. The summed E-state index contributed by atoms with van der Waals surface area (Å²) in [5.41, 5.74) is 4.79. The SMILES string of the molecule is COc1ccc(C2=C(c3cccc(NCCCCCC(=O)OC(=O)CCCC[C@@H]4SC[C@@H]5NC(=O)N[C@@H]54)c3)C(=O)N3CCCC3C2)cc1. The highest BCUT2D eigenvalue weighted by atomic mass is 32.2. The van der Waals surface area contributed by atoms with Gasteiger partial charge in [-0.3, -0.25) is 14.4 Å². The Morgan fingerprint density at radius 3 is 2.54 bits per heavy atom. The number of rotatable bonds is 15. The van der Waals surface area contributed by atoms with Gasteiger partial charge in [0.25, 0.3) is 5.91 Å². The second-order valence-electron chi connectivity index (χ2n) is 13.1. The van der Waals surface area contributed by atoms with Crippen LogP contribution in [0, 0.1) is 0 Å². The number of unbranched alkanes of at least 4 members (excludes halogenated alkanes) is 3. The van der Waals surface area contributed by atoms with Crippen molar-refractivity contribution in [2.75, 3.05) is 31.3 Å². The smallest absolute Gasteiger partial charge is 0.315 e. The summed E-state index contributed by atoms with van der Waals surface area (Å²) in [4.78, 5) is 51.7. The number of thioether (sulfide) groups is 1. The molecule has 3 saturated heterocycles. The molecule has 4 heterocycles. The van der Waals surface area contributed by atoms with Crippen LogP contribution in [0.25, 0.3) is 11.1 Å². The lowest BCUT2D eigenvalue weighted by Gasteiger charge is -2.33. The Bertz CT molecular complexity index is 1530. The first kappa shape index (κ1) is 33.9. The lowest BCUT2D eigenvalue weighted by Crippen LogP contribution is -2.39. The van der Waals surface area contributed by atoms with E-state index in [-0.39, 0.29) is 42.9 Å². The van der Waals surface area contributed by atoms with Gasteiger partial charge < -0.3 is 30.3 Å². The number of amides is 3. The fraction of sp³-hybridized carbons (Fsp3) is 0.514. The maximum Gasteiger partial charge on any atom is 0.315 e. The molecule has 48 heavy (non-hydrogen) atoms. The number of hydrogen-bond donors (Lipinski definition) is 3. The second kappa shape index (κ2) is 15.9. The summed E-state index contributed by atoms with van der Waals surface area (Å²) in [5.74, 6) is 0.891. The van der Waals surface area contributed by atoms with E-state index in [0.717, 1.165) is 97.5 Å². The van der Waals surface area contributed by atoms with Crippen molar-refractivity contribution in [3.8, 4) is 5.75 Å². The molecule has 4 atom stereocenters. The van der Waals surface area contributed by atoms with Crippen LogP contribution < -0.4 is 20.7 Å². The molecule has 10 nitrogen and oxygen atoms in total. The minimum Gasteiger partial charge on any atom is -0.497 e. The second-order valence-corrected chi connectivity index (χ2v) is 14.4. The van der Waals surface area contributed by atoms with E-state index in [0.29, 0.717) is 18.1 Å². The number of methoxy groups -OCH3 is 1. The van der Waals surface area contributed by atoms with Crippen molar-refractivity contribution in [1.29, 1.82) is 0 Å². The summed E-state index contributed by atoms with van der Waals surface area (Å²) in [6.45, 7) is 1.54. The molecule has 256 valence electrons. The summed E-state index contributed by atoms with van der Waals surface area (Å²) in [6.07, 6.45) is 8.15. The third kappa shape index (κ3) is 8.17. The fourth-order valence-corrected chi connectivity index (χ4v) is 8.90. The molecule has 3 fully saturated rings. The van der Waals surface area contributed by atoms with E-state index in [4.69, 9.17) is 9.47 Å². The number of carbonyl (C=O) groups excluding carboxylic acids is 4. The average Bonchev–Trinajstić information content (AvgIpc) is 3.81. The van der Waals surface area contributed by atoms with Gasteiger partial charge in [-0.2, -0.15) is 11.8 Å². The molecule has 4 aliphatic rings. The molecule has 1 unspecified atom stereocenters. The van der Waals surface area contributed by atoms with Crippen LogP contribution in [0.1, 0.15) is 81.8 Å². The Morgan fingerprint density at radius 2 is 1.75 bits per heavy atom. The molecule has 2 aromatic carbocycles. The van der Waals surface area contributed by atoms with E-state index in [1.54, 1.807) is 7.11 Å². The van der Waals surface area contributed by atoms with Gasteiger partial charge in [0.2, 0.25) is 0 Å². The Morgan fingerprint density at radius 1 is 0.958 bits per heavy atom. The first-order chi connectivity index (χ1) is 23.4. The van der Waals surface area contributed by atoms with Gasteiger partial charge in [0.05, 0.1) is 24.8 Å². The Labute approximate surface area is 286 Å². The maximum absolute atomic E-state index is 13.8. The molecule has 6 rings (SSSR count). The third-order valence-corrected chi connectivity index (χ3v) is 11.4. The minimum atomic E-state index is -0.465. The maximum atomic E-state index is 13.8. The minimum absolute atomic E-state index is 0.0922. The average molecular weight is 675 g/mol. The molecule has 11 heteroatoms. The van der Waals surface area contributed by atoms with E-state index >= 15 is 0 Å². The fourth-order valence-electron chi connectivity index (χ4n) is 7.35. The van der Waals surface area contributed by atoms with Gasteiger partial charge in [0.15, 0.2) is 0 Å². The molecule has 3 N–H and O–H groups in total. The zero-order chi connectivity index (χ0) is 33.5. The summed E-state index contributed by atoms with van der Waals surface area (Å²) in [5, 5.41) is 9.76.